The van der Waals surface area contributed by atoms with Crippen molar-refractivity contribution in [3.63, 3.8) is 0 Å². The summed E-state index contributed by atoms with van der Waals surface area (Å²) in [4.78, 5) is 25.6. The first kappa shape index (κ1) is 52.6. The molecule has 346 valence electrons. The minimum absolute atomic E-state index is 0. The summed E-state index contributed by atoms with van der Waals surface area (Å²) in [6, 6.07) is 2.69. The molecule has 10 rings (SSSR count). The van der Waals surface area contributed by atoms with Gasteiger partial charge in [0.15, 0.2) is 4.83 Å². The summed E-state index contributed by atoms with van der Waals surface area (Å²) in [5.41, 5.74) is 3.12. The largest absolute Gasteiger partial charge is 0.381 e. The quantitative estimate of drug-likeness (QED) is 0.0884. The summed E-state index contributed by atoms with van der Waals surface area (Å²) >= 11 is 8.92. The molecule has 3 saturated heterocycles. The Kier molecular flexibility index (Phi) is 21.1. The van der Waals surface area contributed by atoms with Gasteiger partial charge in [0, 0.05) is 113 Å². The molecule has 5 aromatic rings. The van der Waals surface area contributed by atoms with Crippen LogP contribution in [-0.2, 0) is 41.7 Å². The van der Waals surface area contributed by atoms with Crippen LogP contribution in [0.1, 0.15) is 100 Å². The molecule has 64 heavy (non-hydrogen) atoms. The Morgan fingerprint density at radius 2 is 1.12 bits per heavy atom. The van der Waals surface area contributed by atoms with Crippen molar-refractivity contribution < 1.29 is 35.3 Å². The summed E-state index contributed by atoms with van der Waals surface area (Å²) in [6.07, 6.45) is 16.4. The minimum Gasteiger partial charge on any atom is -0.381 e. The first-order valence-corrected chi connectivity index (χ1v) is 23.9. The summed E-state index contributed by atoms with van der Waals surface area (Å²) in [5.74, 6) is 2.62. The average Bonchev–Trinajstić information content (AvgIpc) is 4.04. The van der Waals surface area contributed by atoms with Gasteiger partial charge in [0.25, 0.3) is 0 Å². The number of aryl methyl sites for hydroxylation is 2. The van der Waals surface area contributed by atoms with Crippen molar-refractivity contribution in [3.05, 3.63) is 47.9 Å². The fourth-order valence-corrected chi connectivity index (χ4v) is 11.3. The molecular formula is C43H64B2ClN12O3S2W-. The average molecular weight is 1100 g/mol. The number of halogens is 1. The maximum atomic E-state index is 6.07. The maximum Gasteiger partial charge on any atom is 0.225 e. The van der Waals surface area contributed by atoms with Gasteiger partial charge in [-0.2, -0.15) is 13.8 Å². The van der Waals surface area contributed by atoms with Crippen molar-refractivity contribution in [2.24, 2.45) is 0 Å². The molecule has 0 atom stereocenters. The number of morpholine rings is 2. The van der Waals surface area contributed by atoms with Crippen LogP contribution in [0.5, 0.6) is 0 Å². The molecule has 0 spiro atoms. The van der Waals surface area contributed by atoms with E-state index in [0.717, 1.165) is 159 Å². The smallest absolute Gasteiger partial charge is 0.225 e. The molecule has 5 aliphatic rings. The zero-order valence-corrected chi connectivity index (χ0v) is 42.2. The van der Waals surface area contributed by atoms with Crippen LogP contribution in [0.2, 0.25) is 5.28 Å². The minimum atomic E-state index is 0. The molecule has 0 bridgehead atoms. The van der Waals surface area contributed by atoms with Crippen LogP contribution in [0.15, 0.2) is 12.4 Å². The van der Waals surface area contributed by atoms with E-state index in [9.17, 15) is 0 Å². The molecule has 0 amide bonds. The number of rotatable bonds is 9. The summed E-state index contributed by atoms with van der Waals surface area (Å²) in [5, 5.41) is 14.4. The van der Waals surface area contributed by atoms with E-state index in [1.54, 1.807) is 0 Å². The summed E-state index contributed by atoms with van der Waals surface area (Å²) in [7, 11) is 8.00. The molecule has 0 aromatic carbocycles. The van der Waals surface area contributed by atoms with E-state index in [0.29, 0.717) is 36.6 Å². The van der Waals surface area contributed by atoms with Crippen molar-refractivity contribution in [2.75, 3.05) is 76.5 Å². The molecule has 2 aliphatic carbocycles. The van der Waals surface area contributed by atoms with Crippen molar-refractivity contribution >= 4 is 82.2 Å². The van der Waals surface area contributed by atoms with Crippen LogP contribution in [0.4, 0.5) is 11.6 Å². The van der Waals surface area contributed by atoms with E-state index < -0.39 is 0 Å². The van der Waals surface area contributed by atoms with Gasteiger partial charge in [-0.3, -0.25) is 14.5 Å². The summed E-state index contributed by atoms with van der Waals surface area (Å²) < 4.78 is 27.6. The molecule has 2 N–H and O–H groups in total. The zero-order chi connectivity index (χ0) is 42.1. The van der Waals surface area contributed by atoms with Gasteiger partial charge >= 0.3 is 0 Å². The molecule has 0 unspecified atom stereocenters. The van der Waals surface area contributed by atoms with Gasteiger partial charge in [-0.05, 0) is 118 Å². The van der Waals surface area contributed by atoms with Crippen molar-refractivity contribution in [3.8, 4) is 0 Å². The van der Waals surface area contributed by atoms with E-state index in [1.165, 1.54) is 48.7 Å². The third kappa shape index (κ3) is 13.2. The number of nitrogens with zero attached hydrogens (tertiary/aromatic N) is 10. The predicted octanol–water partition coefficient (Wildman–Crippen LogP) is 7.01. The maximum absolute atomic E-state index is 6.07. The molecule has 2 saturated carbocycles. The standard InChI is InChI=1S/C25H35N7O2S.C16H22ClN5OS.CH4.CH3.B2.W/c1-17-23-24(27-19-2-4-20(5-3-19)31-8-12-34-13-9-31)28-22(29-25(23)35-30-17)14-18-15-26-32(16-18)21-6-10-33-11-7-21;1-10-13-14(19-16(17)20-15(13)24-21-10)18-11-2-4-12(5-3-11)22-6-8-23-9-7-22;;;1-2;/h15-16,19-21H,2-14H2,1H3,(H,27,28,29);11-12H,2-9H2,1H3,(H,18,19,20);1H4;1H3;;/q;;;-1;;. The second-order valence-corrected chi connectivity index (χ2v) is 18.5. The van der Waals surface area contributed by atoms with E-state index >= 15 is 0 Å². The molecule has 4 radical (unpaired) electrons. The van der Waals surface area contributed by atoms with Crippen molar-refractivity contribution in [1.29, 1.82) is 0 Å². The Balaban J connectivity index is 0.000000235. The third-order valence-electron chi connectivity index (χ3n) is 12.8. The van der Waals surface area contributed by atoms with E-state index in [4.69, 9.17) is 35.8 Å². The molecule has 8 heterocycles. The van der Waals surface area contributed by atoms with Crippen LogP contribution in [0.3, 0.4) is 0 Å². The first-order chi connectivity index (χ1) is 29.9. The van der Waals surface area contributed by atoms with Gasteiger partial charge in [-0.1, -0.05) is 7.43 Å². The van der Waals surface area contributed by atoms with Crippen molar-refractivity contribution in [1.82, 2.24) is 48.3 Å². The topological polar surface area (TPSA) is 153 Å². The predicted molar refractivity (Wildman–Crippen MR) is 258 cm³/mol. The number of anilines is 2. The van der Waals surface area contributed by atoms with Gasteiger partial charge in [-0.15, -0.1) is 0 Å². The molecular weight excluding hydrogens is 1040 g/mol. The number of fused-ring (bicyclic) bond motifs is 2. The Bertz CT molecular complexity index is 2150. The van der Waals surface area contributed by atoms with E-state index in [-0.39, 0.29) is 41.2 Å². The Hall–Kier alpha value is -2.34. The number of aromatic nitrogens is 8. The van der Waals surface area contributed by atoms with Crippen LogP contribution >= 0.6 is 34.7 Å². The molecule has 5 fully saturated rings. The molecule has 15 nitrogen and oxygen atoms in total. The van der Waals surface area contributed by atoms with E-state index in [2.05, 4.69) is 77.5 Å². The first-order valence-electron chi connectivity index (χ1n) is 22.0. The molecule has 3 aliphatic heterocycles. The zero-order valence-electron chi connectivity index (χ0n) is 36.8. The van der Waals surface area contributed by atoms with E-state index in [1.807, 2.05) is 13.1 Å². The van der Waals surface area contributed by atoms with Crippen LogP contribution in [0.25, 0.3) is 20.4 Å². The molecule has 5 aromatic heterocycles. The van der Waals surface area contributed by atoms with Gasteiger partial charge in [0.05, 0.1) is 60.8 Å². The van der Waals surface area contributed by atoms with Gasteiger partial charge in [0.1, 0.15) is 22.3 Å². The molecule has 21 heteroatoms. The SMILES string of the molecule is C.Cc1nsc2nc(Cc3cnn(C4CCOCC4)c3)nc(NC3CCC(N4CCOCC4)CC3)c12.Cc1nsc2nc(Cl)nc(NC3CCC(N4CCOCC4)CC3)c12.[B][B].[CH3-].[W]. The number of hydrogen-bond donors (Lipinski definition) is 2. The Morgan fingerprint density at radius 3 is 1.64 bits per heavy atom. The van der Waals surface area contributed by atoms with Gasteiger partial charge < -0.3 is 32.3 Å². The second-order valence-electron chi connectivity index (χ2n) is 16.7. The number of hydrogen-bond acceptors (Lipinski definition) is 16. The number of nitrogens with one attached hydrogen (secondary N) is 2. The fraction of sp³-hybridized carbons (Fsp3) is 0.674. The number of ether oxygens (including phenoxy) is 3. The van der Waals surface area contributed by atoms with Gasteiger partial charge in [0.2, 0.25) is 5.28 Å². The van der Waals surface area contributed by atoms with Crippen LogP contribution in [-0.4, -0.2) is 154 Å². The monoisotopic (exact) mass is 1100 g/mol. The van der Waals surface area contributed by atoms with Crippen molar-refractivity contribution in [2.45, 2.75) is 122 Å². The van der Waals surface area contributed by atoms with Crippen LogP contribution < -0.4 is 10.6 Å². The Morgan fingerprint density at radius 1 is 0.656 bits per heavy atom. The second kappa shape index (κ2) is 25.7. The fourth-order valence-electron chi connectivity index (χ4n) is 9.53. The summed E-state index contributed by atoms with van der Waals surface area (Å²) in [6.45, 7) is 13.5. The third-order valence-corrected chi connectivity index (χ3v) is 14.6. The van der Waals surface area contributed by atoms with Crippen LogP contribution in [0, 0.1) is 21.3 Å². The van der Waals surface area contributed by atoms with Gasteiger partial charge in [-0.25, -0.2) is 19.9 Å². The normalized spacial score (nSPS) is 23.3. The Labute approximate surface area is 409 Å².